The fourth-order valence-corrected chi connectivity index (χ4v) is 2.25. The highest BCUT2D eigenvalue weighted by molar-refractivity contribution is 6.01. The molecule has 0 saturated heterocycles. The van der Waals surface area contributed by atoms with Gasteiger partial charge in [0, 0.05) is 18.2 Å². The van der Waals surface area contributed by atoms with Crippen molar-refractivity contribution >= 4 is 22.4 Å². The van der Waals surface area contributed by atoms with E-state index in [1.807, 2.05) is 48.5 Å². The number of ketones is 1. The van der Waals surface area contributed by atoms with E-state index in [0.29, 0.717) is 12.2 Å². The molecule has 0 aliphatic heterocycles. The molecule has 3 nitrogen and oxygen atoms in total. The van der Waals surface area contributed by atoms with Gasteiger partial charge in [-0.1, -0.05) is 36.4 Å². The minimum Gasteiger partial charge on any atom is -0.384 e. The van der Waals surface area contributed by atoms with Gasteiger partial charge in [0.15, 0.2) is 5.78 Å². The Labute approximate surface area is 117 Å². The van der Waals surface area contributed by atoms with Gasteiger partial charge in [-0.15, -0.1) is 0 Å². The maximum Gasteiger partial charge on any atom is 0.167 e. The lowest BCUT2D eigenvalue weighted by atomic mass is 10.0. The summed E-state index contributed by atoms with van der Waals surface area (Å²) in [5.41, 5.74) is 7.23. The summed E-state index contributed by atoms with van der Waals surface area (Å²) in [7, 11) is 0. The Hall–Kier alpha value is -2.68. The van der Waals surface area contributed by atoms with Crippen molar-refractivity contribution in [1.29, 1.82) is 0 Å². The van der Waals surface area contributed by atoms with Crippen molar-refractivity contribution in [1.82, 2.24) is 4.98 Å². The first-order valence-electron chi connectivity index (χ1n) is 6.45. The number of nitrogens with zero attached hydrogens (tertiary/aromatic N) is 1. The monoisotopic (exact) mass is 262 g/mol. The normalized spacial score (nSPS) is 10.6. The molecule has 20 heavy (non-hydrogen) atoms. The van der Waals surface area contributed by atoms with Gasteiger partial charge in [0.25, 0.3) is 0 Å². The van der Waals surface area contributed by atoms with E-state index in [1.165, 1.54) is 0 Å². The molecule has 0 amide bonds. The van der Waals surface area contributed by atoms with E-state index in [1.54, 1.807) is 12.3 Å². The molecular weight excluding hydrogens is 248 g/mol. The zero-order valence-electron chi connectivity index (χ0n) is 10.9. The molecule has 0 bridgehead atoms. The topological polar surface area (TPSA) is 56.0 Å². The van der Waals surface area contributed by atoms with E-state index in [4.69, 9.17) is 5.73 Å². The molecule has 0 spiro atoms. The Morgan fingerprint density at radius 2 is 1.80 bits per heavy atom. The van der Waals surface area contributed by atoms with E-state index in [-0.39, 0.29) is 5.78 Å². The number of Topliss-reactive ketones (excluding diaryl/α,β-unsaturated/α-hetero) is 1. The van der Waals surface area contributed by atoms with Crippen LogP contribution in [0.1, 0.15) is 15.9 Å². The minimum absolute atomic E-state index is 0.0846. The molecule has 1 heterocycles. The van der Waals surface area contributed by atoms with Gasteiger partial charge in [-0.3, -0.25) is 4.79 Å². The standard InChI is InChI=1S/C17H14N2O/c18-17-10-12(7-8-19-17)9-16(20)15-6-5-13-3-1-2-4-14(13)11-15/h1-8,10-11H,9H2,(H2,18,19). The van der Waals surface area contributed by atoms with E-state index < -0.39 is 0 Å². The predicted octanol–water partition coefficient (Wildman–Crippen LogP) is 3.24. The number of carbonyl (C=O) groups excluding carboxylic acids is 1. The summed E-state index contributed by atoms with van der Waals surface area (Å²) in [5, 5.41) is 2.21. The van der Waals surface area contributed by atoms with Gasteiger partial charge in [-0.2, -0.15) is 0 Å². The van der Waals surface area contributed by atoms with Crippen LogP contribution in [0.15, 0.2) is 60.8 Å². The molecule has 0 aliphatic rings. The number of fused-ring (bicyclic) bond motifs is 1. The quantitative estimate of drug-likeness (QED) is 0.737. The van der Waals surface area contributed by atoms with Gasteiger partial charge >= 0.3 is 0 Å². The predicted molar refractivity (Wildman–Crippen MR) is 80.6 cm³/mol. The number of hydrogen-bond donors (Lipinski definition) is 1. The largest absolute Gasteiger partial charge is 0.384 e. The van der Waals surface area contributed by atoms with Crippen molar-refractivity contribution in [2.75, 3.05) is 5.73 Å². The van der Waals surface area contributed by atoms with Crippen LogP contribution in [0.4, 0.5) is 5.82 Å². The summed E-state index contributed by atoms with van der Waals surface area (Å²) in [4.78, 5) is 16.2. The number of anilines is 1. The lowest BCUT2D eigenvalue weighted by molar-refractivity contribution is 0.0993. The Morgan fingerprint density at radius 1 is 1.00 bits per heavy atom. The summed E-state index contributed by atoms with van der Waals surface area (Å²) in [5.74, 6) is 0.523. The molecule has 2 aromatic carbocycles. The number of aromatic nitrogens is 1. The highest BCUT2D eigenvalue weighted by Crippen LogP contribution is 2.17. The maximum absolute atomic E-state index is 12.3. The molecular formula is C17H14N2O. The third-order valence-corrected chi connectivity index (χ3v) is 3.28. The molecule has 98 valence electrons. The van der Waals surface area contributed by atoms with Crippen molar-refractivity contribution in [3.05, 3.63) is 71.9 Å². The third-order valence-electron chi connectivity index (χ3n) is 3.28. The number of pyridine rings is 1. The van der Waals surface area contributed by atoms with Crippen LogP contribution in [0.5, 0.6) is 0 Å². The number of hydrogen-bond acceptors (Lipinski definition) is 3. The Kier molecular flexibility index (Phi) is 3.17. The van der Waals surface area contributed by atoms with E-state index in [9.17, 15) is 4.79 Å². The molecule has 0 saturated carbocycles. The van der Waals surface area contributed by atoms with E-state index in [2.05, 4.69) is 4.98 Å². The first-order chi connectivity index (χ1) is 9.72. The average Bonchev–Trinajstić information content (AvgIpc) is 2.47. The van der Waals surface area contributed by atoms with Gasteiger partial charge in [-0.25, -0.2) is 4.98 Å². The minimum atomic E-state index is 0.0846. The van der Waals surface area contributed by atoms with Gasteiger partial charge < -0.3 is 5.73 Å². The van der Waals surface area contributed by atoms with Crippen LogP contribution in [0, 0.1) is 0 Å². The number of benzene rings is 2. The fourth-order valence-electron chi connectivity index (χ4n) is 2.25. The second kappa shape index (κ2) is 5.13. The van der Waals surface area contributed by atoms with E-state index in [0.717, 1.165) is 21.9 Å². The molecule has 0 unspecified atom stereocenters. The first kappa shape index (κ1) is 12.4. The third kappa shape index (κ3) is 2.52. The molecule has 0 atom stereocenters. The smallest absolute Gasteiger partial charge is 0.167 e. The lowest BCUT2D eigenvalue weighted by Gasteiger charge is -2.04. The summed E-state index contributed by atoms with van der Waals surface area (Å²) in [6, 6.07) is 17.3. The van der Waals surface area contributed by atoms with Crippen molar-refractivity contribution in [2.24, 2.45) is 0 Å². The van der Waals surface area contributed by atoms with Crippen molar-refractivity contribution in [3.63, 3.8) is 0 Å². The SMILES string of the molecule is Nc1cc(CC(=O)c2ccc3ccccc3c2)ccn1. The molecule has 3 rings (SSSR count). The second-order valence-corrected chi connectivity index (χ2v) is 4.75. The van der Waals surface area contributed by atoms with Crippen LogP contribution >= 0.6 is 0 Å². The van der Waals surface area contributed by atoms with Crippen LogP contribution in [0.3, 0.4) is 0 Å². The Balaban J connectivity index is 1.88. The first-order valence-corrected chi connectivity index (χ1v) is 6.45. The highest BCUT2D eigenvalue weighted by Gasteiger charge is 2.08. The summed E-state index contributed by atoms with van der Waals surface area (Å²) in [6.45, 7) is 0. The summed E-state index contributed by atoms with van der Waals surface area (Å²) in [6.07, 6.45) is 1.96. The molecule has 3 heteroatoms. The molecule has 0 aliphatic carbocycles. The Bertz CT molecular complexity index is 781. The van der Waals surface area contributed by atoms with Crippen molar-refractivity contribution in [3.8, 4) is 0 Å². The average molecular weight is 262 g/mol. The Morgan fingerprint density at radius 3 is 2.60 bits per heavy atom. The number of nitrogen functional groups attached to an aromatic ring is 1. The zero-order chi connectivity index (χ0) is 13.9. The lowest BCUT2D eigenvalue weighted by Crippen LogP contribution is -2.04. The zero-order valence-corrected chi connectivity index (χ0v) is 10.9. The number of nitrogens with two attached hydrogens (primary N) is 1. The van der Waals surface area contributed by atoms with Crippen LogP contribution in [0.25, 0.3) is 10.8 Å². The van der Waals surface area contributed by atoms with Gasteiger partial charge in [0.05, 0.1) is 0 Å². The molecule has 2 N–H and O–H groups in total. The highest BCUT2D eigenvalue weighted by atomic mass is 16.1. The molecule has 3 aromatic rings. The maximum atomic E-state index is 12.3. The number of rotatable bonds is 3. The number of carbonyl (C=O) groups is 1. The van der Waals surface area contributed by atoms with Gasteiger partial charge in [0.1, 0.15) is 5.82 Å². The fraction of sp³-hybridized carbons (Fsp3) is 0.0588. The summed E-state index contributed by atoms with van der Waals surface area (Å²) < 4.78 is 0. The van der Waals surface area contributed by atoms with Gasteiger partial charge in [0.2, 0.25) is 0 Å². The van der Waals surface area contributed by atoms with Crippen molar-refractivity contribution in [2.45, 2.75) is 6.42 Å². The van der Waals surface area contributed by atoms with Crippen LogP contribution in [0.2, 0.25) is 0 Å². The van der Waals surface area contributed by atoms with Crippen LogP contribution < -0.4 is 5.73 Å². The van der Waals surface area contributed by atoms with Gasteiger partial charge in [-0.05, 0) is 34.5 Å². The summed E-state index contributed by atoms with van der Waals surface area (Å²) >= 11 is 0. The molecule has 1 aromatic heterocycles. The second-order valence-electron chi connectivity index (χ2n) is 4.75. The van der Waals surface area contributed by atoms with Crippen LogP contribution in [-0.2, 0) is 6.42 Å². The molecule has 0 radical (unpaired) electrons. The van der Waals surface area contributed by atoms with Crippen molar-refractivity contribution < 1.29 is 4.79 Å². The molecule has 0 fully saturated rings. The van der Waals surface area contributed by atoms with E-state index >= 15 is 0 Å². The van der Waals surface area contributed by atoms with Crippen LogP contribution in [-0.4, -0.2) is 10.8 Å².